The highest BCUT2D eigenvalue weighted by Crippen LogP contribution is 2.43. The SMILES string of the molecule is CC(=O)N(Cc1cc(C(F)(F)F)cc(C(F)(F)F)c1)C1CCCN(C(=O)OC(C)C)c2cc(Cl)c(Br)cc21. The molecule has 0 aromatic heterocycles. The summed E-state index contributed by atoms with van der Waals surface area (Å²) in [5.41, 5.74) is -2.50. The van der Waals surface area contributed by atoms with Crippen molar-refractivity contribution in [1.29, 1.82) is 0 Å². The van der Waals surface area contributed by atoms with Gasteiger partial charge < -0.3 is 9.64 Å². The van der Waals surface area contributed by atoms with Crippen LogP contribution in [0.4, 0.5) is 36.8 Å². The van der Waals surface area contributed by atoms with Crippen LogP contribution in [0.15, 0.2) is 34.8 Å². The molecule has 1 aliphatic rings. The molecule has 1 unspecified atom stereocenters. The molecule has 38 heavy (non-hydrogen) atoms. The van der Waals surface area contributed by atoms with Crippen LogP contribution >= 0.6 is 27.5 Å². The Labute approximate surface area is 228 Å². The summed E-state index contributed by atoms with van der Waals surface area (Å²) < 4.78 is 86.3. The largest absolute Gasteiger partial charge is 0.446 e. The number of carbonyl (C=O) groups is 2. The molecule has 2 aromatic rings. The molecule has 2 amide bonds. The Hall–Kier alpha value is -2.47. The third-order valence-electron chi connectivity index (χ3n) is 5.92. The zero-order valence-corrected chi connectivity index (χ0v) is 22.9. The number of carbonyl (C=O) groups excluding carboxylic acids is 2. The van der Waals surface area contributed by atoms with E-state index in [0.29, 0.717) is 34.3 Å². The van der Waals surface area contributed by atoms with Gasteiger partial charge in [0.2, 0.25) is 5.91 Å². The van der Waals surface area contributed by atoms with Crippen molar-refractivity contribution in [3.63, 3.8) is 0 Å². The minimum absolute atomic E-state index is 0.0415. The number of ether oxygens (including phenoxy) is 1. The fourth-order valence-electron chi connectivity index (χ4n) is 4.30. The average Bonchev–Trinajstić information content (AvgIpc) is 2.95. The van der Waals surface area contributed by atoms with Crippen LogP contribution in [0.1, 0.15) is 61.9 Å². The molecule has 5 nitrogen and oxygen atoms in total. The van der Waals surface area contributed by atoms with Gasteiger partial charge in [0.1, 0.15) is 0 Å². The van der Waals surface area contributed by atoms with Gasteiger partial charge in [-0.25, -0.2) is 4.79 Å². The lowest BCUT2D eigenvalue weighted by atomic mass is 9.98. The van der Waals surface area contributed by atoms with Crippen molar-refractivity contribution in [3.8, 4) is 0 Å². The number of amides is 2. The van der Waals surface area contributed by atoms with E-state index in [2.05, 4.69) is 15.9 Å². The number of fused-ring (bicyclic) bond motifs is 1. The molecule has 0 saturated heterocycles. The van der Waals surface area contributed by atoms with E-state index in [4.69, 9.17) is 16.3 Å². The maximum Gasteiger partial charge on any atom is 0.416 e. The Kier molecular flexibility index (Phi) is 8.97. The first kappa shape index (κ1) is 30.1. The van der Waals surface area contributed by atoms with Crippen molar-refractivity contribution in [3.05, 3.63) is 62.1 Å². The second-order valence-corrected chi connectivity index (χ2v) is 10.4. The standard InChI is InChI=1S/C25H24BrClF6N2O3/c1-13(2)38-23(37)34-6-4-5-21(18-10-19(26)20(27)11-22(18)34)35(14(3)36)12-15-7-16(24(28,29)30)9-17(8-15)25(31,32)33/h7-11,13,21H,4-6,12H2,1-3H3. The summed E-state index contributed by atoms with van der Waals surface area (Å²) in [6.45, 7) is 4.20. The molecular formula is C25H24BrClF6N2O3. The smallest absolute Gasteiger partial charge is 0.416 e. The highest BCUT2D eigenvalue weighted by Gasteiger charge is 2.38. The Balaban J connectivity index is 2.12. The lowest BCUT2D eigenvalue weighted by Gasteiger charge is -2.33. The molecule has 0 fully saturated rings. The molecule has 1 aliphatic heterocycles. The predicted molar refractivity (Wildman–Crippen MR) is 133 cm³/mol. The molecule has 0 aliphatic carbocycles. The van der Waals surface area contributed by atoms with Crippen molar-refractivity contribution in [2.45, 2.75) is 64.7 Å². The average molecular weight is 630 g/mol. The molecule has 0 saturated carbocycles. The zero-order chi connectivity index (χ0) is 28.6. The lowest BCUT2D eigenvalue weighted by molar-refractivity contribution is -0.143. The van der Waals surface area contributed by atoms with Crippen LogP contribution in [0.25, 0.3) is 0 Å². The number of nitrogens with zero attached hydrogens (tertiary/aromatic N) is 2. The van der Waals surface area contributed by atoms with E-state index in [9.17, 15) is 35.9 Å². The van der Waals surface area contributed by atoms with E-state index in [1.165, 1.54) is 22.8 Å². The Morgan fingerprint density at radius 3 is 2.16 bits per heavy atom. The minimum atomic E-state index is -5.02. The molecular weight excluding hydrogens is 606 g/mol. The van der Waals surface area contributed by atoms with Crippen LogP contribution in [0.5, 0.6) is 0 Å². The topological polar surface area (TPSA) is 49.9 Å². The van der Waals surface area contributed by atoms with Gasteiger partial charge in [0.25, 0.3) is 0 Å². The fraction of sp³-hybridized carbons (Fsp3) is 0.440. The summed E-state index contributed by atoms with van der Waals surface area (Å²) in [4.78, 5) is 28.2. The molecule has 208 valence electrons. The quantitative estimate of drug-likeness (QED) is 0.319. The highest BCUT2D eigenvalue weighted by atomic mass is 79.9. The van der Waals surface area contributed by atoms with Gasteiger partial charge >= 0.3 is 18.4 Å². The summed E-state index contributed by atoms with van der Waals surface area (Å²) >= 11 is 9.62. The summed E-state index contributed by atoms with van der Waals surface area (Å²) in [5, 5.41) is 0.258. The summed E-state index contributed by atoms with van der Waals surface area (Å²) in [6.07, 6.45) is -10.5. The molecule has 1 atom stereocenters. The van der Waals surface area contributed by atoms with Crippen LogP contribution in [-0.2, 0) is 28.4 Å². The summed E-state index contributed by atoms with van der Waals surface area (Å²) in [5.74, 6) is -0.573. The Morgan fingerprint density at radius 1 is 1.08 bits per heavy atom. The van der Waals surface area contributed by atoms with Crippen LogP contribution < -0.4 is 4.90 Å². The Morgan fingerprint density at radius 2 is 1.66 bits per heavy atom. The number of alkyl halides is 6. The van der Waals surface area contributed by atoms with Gasteiger partial charge in [-0.1, -0.05) is 11.6 Å². The number of halogens is 8. The van der Waals surface area contributed by atoms with E-state index < -0.39 is 54.2 Å². The molecule has 0 N–H and O–H groups in total. The fourth-order valence-corrected chi connectivity index (χ4v) is 4.82. The summed E-state index contributed by atoms with van der Waals surface area (Å²) in [7, 11) is 0. The van der Waals surface area contributed by atoms with E-state index >= 15 is 0 Å². The second kappa shape index (κ2) is 11.3. The van der Waals surface area contributed by atoms with Crippen LogP contribution in [0.2, 0.25) is 5.02 Å². The van der Waals surface area contributed by atoms with Gasteiger partial charge in [0.15, 0.2) is 0 Å². The van der Waals surface area contributed by atoms with Crippen LogP contribution in [0, 0.1) is 0 Å². The normalized spacial score (nSPS) is 16.2. The first-order chi connectivity index (χ1) is 17.5. The van der Waals surface area contributed by atoms with Crippen molar-refractivity contribution in [2.24, 2.45) is 0 Å². The number of benzene rings is 2. The minimum Gasteiger partial charge on any atom is -0.446 e. The molecule has 13 heteroatoms. The molecule has 0 spiro atoms. The van der Waals surface area contributed by atoms with E-state index in [1.54, 1.807) is 19.9 Å². The van der Waals surface area contributed by atoms with Gasteiger partial charge in [-0.3, -0.25) is 9.69 Å². The molecule has 1 heterocycles. The van der Waals surface area contributed by atoms with Crippen molar-refractivity contribution in [1.82, 2.24) is 4.90 Å². The third-order valence-corrected chi connectivity index (χ3v) is 7.11. The Bertz CT molecular complexity index is 1190. The maximum absolute atomic E-state index is 13.4. The van der Waals surface area contributed by atoms with Crippen molar-refractivity contribution < 1.29 is 40.7 Å². The van der Waals surface area contributed by atoms with Gasteiger partial charge in [0.05, 0.1) is 34.0 Å². The van der Waals surface area contributed by atoms with E-state index in [-0.39, 0.29) is 29.6 Å². The predicted octanol–water partition coefficient (Wildman–Crippen LogP) is 8.38. The molecule has 2 aromatic carbocycles. The first-order valence-corrected chi connectivity index (χ1v) is 12.7. The van der Waals surface area contributed by atoms with Gasteiger partial charge in [-0.15, -0.1) is 0 Å². The number of hydrogen-bond donors (Lipinski definition) is 0. The van der Waals surface area contributed by atoms with Crippen LogP contribution in [-0.4, -0.2) is 29.5 Å². The van der Waals surface area contributed by atoms with E-state index in [0.717, 1.165) is 0 Å². The first-order valence-electron chi connectivity index (χ1n) is 11.5. The van der Waals surface area contributed by atoms with Gasteiger partial charge in [-0.2, -0.15) is 26.3 Å². The number of rotatable bonds is 4. The van der Waals surface area contributed by atoms with Gasteiger partial charge in [0, 0.05) is 24.5 Å². The van der Waals surface area contributed by atoms with Crippen LogP contribution in [0.3, 0.4) is 0 Å². The third kappa shape index (κ3) is 6.93. The molecule has 0 radical (unpaired) electrons. The maximum atomic E-state index is 13.4. The second-order valence-electron chi connectivity index (χ2n) is 9.13. The highest BCUT2D eigenvalue weighted by molar-refractivity contribution is 9.10. The monoisotopic (exact) mass is 628 g/mol. The zero-order valence-electron chi connectivity index (χ0n) is 20.5. The van der Waals surface area contributed by atoms with Gasteiger partial charge in [-0.05, 0) is 84.1 Å². The lowest BCUT2D eigenvalue weighted by Crippen LogP contribution is -2.34. The van der Waals surface area contributed by atoms with Crippen molar-refractivity contribution in [2.75, 3.05) is 11.4 Å². The molecule has 0 bridgehead atoms. The summed E-state index contributed by atoms with van der Waals surface area (Å²) in [6, 6.07) is 3.56. The number of hydrogen-bond acceptors (Lipinski definition) is 3. The van der Waals surface area contributed by atoms with E-state index in [1.807, 2.05) is 0 Å². The molecule has 3 rings (SSSR count). The van der Waals surface area contributed by atoms with Crippen molar-refractivity contribution >= 4 is 45.2 Å². The number of anilines is 1.